The van der Waals surface area contributed by atoms with E-state index in [0.29, 0.717) is 16.1 Å². The SMILES string of the molecule is CS(=O)(=O)c1ccc(/C(=C(\CCO)C(=O)[O-])c2ccc(Cl)c(Cl)c2)cc1.[Na+]. The number of carbonyl (C=O) groups is 1. The third kappa shape index (κ3) is 6.06. The summed E-state index contributed by atoms with van der Waals surface area (Å²) >= 11 is 12.0. The second kappa shape index (κ2) is 10.1. The van der Waals surface area contributed by atoms with Gasteiger partial charge in [-0.3, -0.25) is 0 Å². The van der Waals surface area contributed by atoms with Crippen molar-refractivity contribution in [2.75, 3.05) is 12.9 Å². The van der Waals surface area contributed by atoms with Crippen LogP contribution in [0.25, 0.3) is 5.57 Å². The Labute approximate surface area is 189 Å². The largest absolute Gasteiger partial charge is 1.00 e. The van der Waals surface area contributed by atoms with E-state index in [4.69, 9.17) is 23.2 Å². The summed E-state index contributed by atoms with van der Waals surface area (Å²) in [5.41, 5.74) is 1.05. The Balaban J connectivity index is 0.00000364. The molecule has 2 rings (SSSR count). The Hall–Kier alpha value is -0.860. The molecule has 0 radical (unpaired) electrons. The molecule has 0 aliphatic carbocycles. The second-order valence-corrected chi connectivity index (χ2v) is 8.37. The van der Waals surface area contributed by atoms with Crippen molar-refractivity contribution in [1.29, 1.82) is 0 Å². The number of halogens is 2. The fourth-order valence-electron chi connectivity index (χ4n) is 2.48. The molecule has 1 N–H and O–H groups in total. The molecule has 27 heavy (non-hydrogen) atoms. The molecule has 0 bridgehead atoms. The number of carboxylic acid groups (broad SMARTS) is 1. The summed E-state index contributed by atoms with van der Waals surface area (Å²) in [6.45, 7) is -0.393. The van der Waals surface area contributed by atoms with Gasteiger partial charge in [0.1, 0.15) is 0 Å². The third-order valence-electron chi connectivity index (χ3n) is 3.69. The van der Waals surface area contributed by atoms with Crippen LogP contribution in [-0.4, -0.2) is 32.4 Å². The first-order valence-corrected chi connectivity index (χ1v) is 10.1. The fraction of sp³-hybridized carbons (Fsp3) is 0.167. The molecule has 0 aliphatic heterocycles. The number of carboxylic acids is 1. The van der Waals surface area contributed by atoms with Crippen LogP contribution in [0.2, 0.25) is 10.0 Å². The molecular formula is C18H15Cl2NaO5S. The summed E-state index contributed by atoms with van der Waals surface area (Å²) in [4.78, 5) is 11.7. The molecular weight excluding hydrogens is 422 g/mol. The van der Waals surface area contributed by atoms with E-state index in [0.717, 1.165) is 6.26 Å². The summed E-state index contributed by atoms with van der Waals surface area (Å²) in [5, 5.41) is 21.4. The Morgan fingerprint density at radius 3 is 2.04 bits per heavy atom. The van der Waals surface area contributed by atoms with Gasteiger partial charge in [0.2, 0.25) is 0 Å². The minimum Gasteiger partial charge on any atom is -0.545 e. The van der Waals surface area contributed by atoms with Crippen molar-refractivity contribution in [3.8, 4) is 0 Å². The molecule has 2 aromatic rings. The molecule has 0 aromatic heterocycles. The average molecular weight is 437 g/mol. The Kier molecular flexibility index (Phi) is 9.02. The molecule has 0 heterocycles. The van der Waals surface area contributed by atoms with Crippen LogP contribution in [-0.2, 0) is 14.6 Å². The van der Waals surface area contributed by atoms with Gasteiger partial charge in [-0.15, -0.1) is 0 Å². The predicted octanol–water partition coefficient (Wildman–Crippen LogP) is -0.665. The maximum Gasteiger partial charge on any atom is 1.00 e. The van der Waals surface area contributed by atoms with Gasteiger partial charge in [0, 0.05) is 12.9 Å². The molecule has 9 heteroatoms. The fourth-order valence-corrected chi connectivity index (χ4v) is 3.41. The van der Waals surface area contributed by atoms with Gasteiger partial charge in [-0.1, -0.05) is 41.4 Å². The van der Waals surface area contributed by atoms with Crippen molar-refractivity contribution in [2.24, 2.45) is 0 Å². The number of rotatable bonds is 6. The molecule has 0 fully saturated rings. The zero-order valence-corrected chi connectivity index (χ0v) is 19.0. The van der Waals surface area contributed by atoms with Gasteiger partial charge in [0.05, 0.1) is 20.9 Å². The number of hydrogen-bond donors (Lipinski definition) is 1. The standard InChI is InChI=1S/C18H16Cl2O5S.Na/c1-26(24,25)13-5-2-11(3-6-13)17(14(8-9-21)18(22)23)12-4-7-15(19)16(20)10-12;/h2-7,10,21H,8-9H2,1H3,(H,22,23);/q;+1/p-1/b17-14-;. The van der Waals surface area contributed by atoms with Crippen LogP contribution in [0.15, 0.2) is 52.9 Å². The van der Waals surface area contributed by atoms with Gasteiger partial charge in [-0.25, -0.2) is 8.42 Å². The van der Waals surface area contributed by atoms with E-state index in [1.165, 1.54) is 36.4 Å². The van der Waals surface area contributed by atoms with Crippen LogP contribution >= 0.6 is 23.2 Å². The van der Waals surface area contributed by atoms with E-state index in [-0.39, 0.29) is 57.0 Å². The number of aliphatic hydroxyl groups excluding tert-OH is 1. The van der Waals surface area contributed by atoms with Crippen molar-refractivity contribution in [2.45, 2.75) is 11.3 Å². The van der Waals surface area contributed by atoms with E-state index in [1.54, 1.807) is 6.07 Å². The minimum absolute atomic E-state index is 0. The molecule has 0 amide bonds. The van der Waals surface area contributed by atoms with Crippen LogP contribution < -0.4 is 34.7 Å². The zero-order valence-electron chi connectivity index (χ0n) is 14.7. The van der Waals surface area contributed by atoms with Crippen LogP contribution in [0.3, 0.4) is 0 Å². The molecule has 0 saturated carbocycles. The number of carbonyl (C=O) groups excluding carboxylic acids is 1. The first-order chi connectivity index (χ1) is 12.1. The summed E-state index contributed by atoms with van der Waals surface area (Å²) in [6.07, 6.45) is 0.932. The van der Waals surface area contributed by atoms with Crippen LogP contribution in [0, 0.1) is 0 Å². The normalized spacial score (nSPS) is 12.1. The van der Waals surface area contributed by atoms with Crippen molar-refractivity contribution in [3.05, 3.63) is 69.2 Å². The number of aliphatic hydroxyl groups is 1. The maximum atomic E-state index is 11.6. The van der Waals surface area contributed by atoms with E-state index >= 15 is 0 Å². The predicted molar refractivity (Wildman–Crippen MR) is 98.7 cm³/mol. The van der Waals surface area contributed by atoms with Crippen molar-refractivity contribution >= 4 is 44.6 Å². The monoisotopic (exact) mass is 436 g/mol. The Morgan fingerprint density at radius 1 is 1.04 bits per heavy atom. The summed E-state index contributed by atoms with van der Waals surface area (Å²) in [6, 6.07) is 10.4. The maximum absolute atomic E-state index is 11.6. The molecule has 0 aliphatic rings. The van der Waals surface area contributed by atoms with E-state index < -0.39 is 22.4 Å². The second-order valence-electron chi connectivity index (χ2n) is 5.54. The van der Waals surface area contributed by atoms with Crippen molar-refractivity contribution in [1.82, 2.24) is 0 Å². The van der Waals surface area contributed by atoms with E-state index in [9.17, 15) is 23.4 Å². The Bertz CT molecular complexity index is 970. The first kappa shape index (κ1) is 24.2. The molecule has 0 unspecified atom stereocenters. The topological polar surface area (TPSA) is 94.5 Å². The van der Waals surface area contributed by atoms with Crippen molar-refractivity contribution in [3.63, 3.8) is 0 Å². The van der Waals surface area contributed by atoms with Crippen LogP contribution in [0.1, 0.15) is 17.5 Å². The molecule has 0 spiro atoms. The summed E-state index contributed by atoms with van der Waals surface area (Å²) in [7, 11) is -3.39. The van der Waals surface area contributed by atoms with E-state index in [1.807, 2.05) is 0 Å². The molecule has 5 nitrogen and oxygen atoms in total. The van der Waals surface area contributed by atoms with Gasteiger partial charge in [0.25, 0.3) is 0 Å². The molecule has 0 saturated heterocycles. The number of hydrogen-bond acceptors (Lipinski definition) is 5. The molecule has 138 valence electrons. The minimum atomic E-state index is -3.39. The number of benzene rings is 2. The summed E-state index contributed by atoms with van der Waals surface area (Å²) < 4.78 is 23.3. The van der Waals surface area contributed by atoms with Gasteiger partial charge < -0.3 is 15.0 Å². The molecule has 0 atom stereocenters. The summed E-state index contributed by atoms with van der Waals surface area (Å²) in [5.74, 6) is -1.44. The van der Waals surface area contributed by atoms with Gasteiger partial charge >= 0.3 is 29.6 Å². The smallest absolute Gasteiger partial charge is 0.545 e. The third-order valence-corrected chi connectivity index (χ3v) is 5.56. The average Bonchev–Trinajstić information content (AvgIpc) is 2.57. The van der Waals surface area contributed by atoms with Gasteiger partial charge in [-0.05, 0) is 53.0 Å². The number of aliphatic carboxylic acids is 1. The van der Waals surface area contributed by atoms with Gasteiger partial charge in [0.15, 0.2) is 9.84 Å². The number of sulfone groups is 1. The van der Waals surface area contributed by atoms with Crippen LogP contribution in [0.4, 0.5) is 0 Å². The van der Waals surface area contributed by atoms with Crippen molar-refractivity contribution < 1.29 is 53.0 Å². The molecule has 2 aromatic carbocycles. The van der Waals surface area contributed by atoms with E-state index in [2.05, 4.69) is 0 Å². The quantitative estimate of drug-likeness (QED) is 0.478. The Morgan fingerprint density at radius 2 is 1.59 bits per heavy atom. The zero-order chi connectivity index (χ0) is 19.5. The van der Waals surface area contributed by atoms with Crippen LogP contribution in [0.5, 0.6) is 0 Å². The van der Waals surface area contributed by atoms with Gasteiger partial charge in [-0.2, -0.15) is 0 Å². The first-order valence-electron chi connectivity index (χ1n) is 7.46.